The lowest BCUT2D eigenvalue weighted by molar-refractivity contribution is 0.387. The van der Waals surface area contributed by atoms with Crippen molar-refractivity contribution in [2.24, 2.45) is 0 Å². The highest BCUT2D eigenvalue weighted by Crippen LogP contribution is 2.13. The molecular weight excluding hydrogens is 168 g/mol. The van der Waals surface area contributed by atoms with Crippen LogP contribution >= 0.6 is 0 Å². The van der Waals surface area contributed by atoms with E-state index in [1.807, 2.05) is 19.2 Å². The predicted molar refractivity (Wildman–Crippen MR) is 49.1 cm³/mol. The summed E-state index contributed by atoms with van der Waals surface area (Å²) in [6.45, 7) is 0. The summed E-state index contributed by atoms with van der Waals surface area (Å²) in [5.74, 6) is 1.41. The first-order valence-corrected chi connectivity index (χ1v) is 3.91. The second-order valence-corrected chi connectivity index (χ2v) is 2.54. The van der Waals surface area contributed by atoms with Crippen molar-refractivity contribution in [3.8, 4) is 5.88 Å². The van der Waals surface area contributed by atoms with Crippen LogP contribution in [0.15, 0.2) is 18.3 Å². The maximum atomic E-state index is 5.08. The van der Waals surface area contributed by atoms with Gasteiger partial charge in [0.15, 0.2) is 5.65 Å². The number of methoxy groups -OCH3 is 1. The zero-order valence-electron chi connectivity index (χ0n) is 7.48. The van der Waals surface area contributed by atoms with Crippen molar-refractivity contribution in [3.05, 3.63) is 18.3 Å². The van der Waals surface area contributed by atoms with E-state index in [9.17, 15) is 0 Å². The minimum Gasteiger partial charge on any atom is -0.480 e. The quantitative estimate of drug-likeness (QED) is 0.738. The van der Waals surface area contributed by atoms with Crippen LogP contribution in [0.25, 0.3) is 5.65 Å². The molecule has 0 amide bonds. The highest BCUT2D eigenvalue weighted by Gasteiger charge is 2.03. The largest absolute Gasteiger partial charge is 0.480 e. The Hall–Kier alpha value is -1.78. The summed E-state index contributed by atoms with van der Waals surface area (Å²) in [7, 11) is 3.41. The molecule has 0 aromatic carbocycles. The summed E-state index contributed by atoms with van der Waals surface area (Å²) in [6.07, 6.45) is 1.64. The first-order chi connectivity index (χ1) is 6.35. The van der Waals surface area contributed by atoms with Crippen LogP contribution in [0.3, 0.4) is 0 Å². The fraction of sp³-hybridized carbons (Fsp3) is 0.250. The first kappa shape index (κ1) is 7.85. The Balaban J connectivity index is 2.64. The molecule has 5 heteroatoms. The number of ether oxygens (including phenoxy) is 1. The topological polar surface area (TPSA) is 51.5 Å². The summed E-state index contributed by atoms with van der Waals surface area (Å²) >= 11 is 0. The minimum absolute atomic E-state index is 0.632. The number of aromatic nitrogens is 3. The molecule has 13 heavy (non-hydrogen) atoms. The van der Waals surface area contributed by atoms with Crippen molar-refractivity contribution >= 4 is 11.5 Å². The van der Waals surface area contributed by atoms with Gasteiger partial charge in [-0.1, -0.05) is 0 Å². The average molecular weight is 178 g/mol. The van der Waals surface area contributed by atoms with Gasteiger partial charge < -0.3 is 10.1 Å². The Morgan fingerprint density at radius 1 is 1.46 bits per heavy atom. The molecule has 2 heterocycles. The number of hydrogen-bond acceptors (Lipinski definition) is 4. The first-order valence-electron chi connectivity index (χ1n) is 3.91. The van der Waals surface area contributed by atoms with Crippen LogP contribution in [0.4, 0.5) is 5.82 Å². The van der Waals surface area contributed by atoms with E-state index in [1.54, 1.807) is 17.8 Å². The summed E-state index contributed by atoms with van der Waals surface area (Å²) in [5, 5.41) is 7.19. The Morgan fingerprint density at radius 3 is 3.00 bits per heavy atom. The van der Waals surface area contributed by atoms with Gasteiger partial charge in [0, 0.05) is 7.05 Å². The molecule has 0 fully saturated rings. The molecule has 0 aliphatic heterocycles. The Labute approximate surface area is 75.4 Å². The Bertz CT molecular complexity index is 423. The molecule has 0 aliphatic rings. The van der Waals surface area contributed by atoms with Crippen LogP contribution in [-0.4, -0.2) is 28.8 Å². The van der Waals surface area contributed by atoms with Crippen molar-refractivity contribution in [2.75, 3.05) is 19.5 Å². The highest BCUT2D eigenvalue weighted by atomic mass is 16.5. The maximum Gasteiger partial charge on any atom is 0.235 e. The third-order valence-corrected chi connectivity index (χ3v) is 1.80. The van der Waals surface area contributed by atoms with E-state index < -0.39 is 0 Å². The zero-order valence-corrected chi connectivity index (χ0v) is 7.48. The van der Waals surface area contributed by atoms with Crippen molar-refractivity contribution < 1.29 is 4.74 Å². The van der Waals surface area contributed by atoms with E-state index >= 15 is 0 Å². The molecule has 1 N–H and O–H groups in total. The second-order valence-electron chi connectivity index (χ2n) is 2.54. The fourth-order valence-electron chi connectivity index (χ4n) is 1.12. The van der Waals surface area contributed by atoms with Crippen molar-refractivity contribution in [2.45, 2.75) is 0 Å². The fourth-order valence-corrected chi connectivity index (χ4v) is 1.12. The van der Waals surface area contributed by atoms with Gasteiger partial charge in [-0.2, -0.15) is 4.52 Å². The van der Waals surface area contributed by atoms with Crippen LogP contribution in [0.5, 0.6) is 5.88 Å². The molecule has 5 nitrogen and oxygen atoms in total. The average Bonchev–Trinajstić information content (AvgIpc) is 2.59. The molecular formula is C8H10N4O. The molecule has 0 spiro atoms. The van der Waals surface area contributed by atoms with E-state index in [0.29, 0.717) is 5.88 Å². The van der Waals surface area contributed by atoms with E-state index in [-0.39, 0.29) is 0 Å². The van der Waals surface area contributed by atoms with Gasteiger partial charge in [-0.25, -0.2) is 4.98 Å². The van der Waals surface area contributed by atoms with Gasteiger partial charge in [-0.15, -0.1) is 5.10 Å². The van der Waals surface area contributed by atoms with Crippen LogP contribution in [0.2, 0.25) is 0 Å². The highest BCUT2D eigenvalue weighted by molar-refractivity contribution is 5.46. The standard InChI is InChI=1S/C8H10N4O/c1-9-6-3-4-7-10-5-8(13-2)12(7)11-6/h3-5H,1-2H3,(H,9,11). The number of rotatable bonds is 2. The Morgan fingerprint density at radius 2 is 2.31 bits per heavy atom. The number of nitrogens with one attached hydrogen (secondary N) is 1. The monoisotopic (exact) mass is 178 g/mol. The molecule has 2 aromatic rings. The molecule has 2 rings (SSSR count). The smallest absolute Gasteiger partial charge is 0.235 e. The van der Waals surface area contributed by atoms with Gasteiger partial charge >= 0.3 is 0 Å². The molecule has 68 valence electrons. The molecule has 0 bridgehead atoms. The van der Waals surface area contributed by atoms with Crippen LogP contribution < -0.4 is 10.1 Å². The molecule has 0 unspecified atom stereocenters. The molecule has 0 saturated carbocycles. The molecule has 0 aliphatic carbocycles. The van der Waals surface area contributed by atoms with Gasteiger partial charge in [-0.3, -0.25) is 0 Å². The zero-order chi connectivity index (χ0) is 9.26. The third kappa shape index (κ3) is 1.18. The van der Waals surface area contributed by atoms with Gasteiger partial charge in [0.05, 0.1) is 13.3 Å². The second kappa shape index (κ2) is 2.93. The number of fused-ring (bicyclic) bond motifs is 1. The SMILES string of the molecule is CNc1ccc2ncc(OC)n2n1. The van der Waals surface area contributed by atoms with Crippen molar-refractivity contribution in [1.29, 1.82) is 0 Å². The number of hydrogen-bond donors (Lipinski definition) is 1. The maximum absolute atomic E-state index is 5.08. The lowest BCUT2D eigenvalue weighted by atomic mass is 10.5. The van der Waals surface area contributed by atoms with E-state index in [4.69, 9.17) is 4.74 Å². The predicted octanol–water partition coefficient (Wildman–Crippen LogP) is 0.780. The number of anilines is 1. The molecule has 0 saturated heterocycles. The third-order valence-electron chi connectivity index (χ3n) is 1.80. The number of imidazole rings is 1. The van der Waals surface area contributed by atoms with E-state index in [1.165, 1.54) is 0 Å². The summed E-state index contributed by atoms with van der Waals surface area (Å²) < 4.78 is 6.72. The summed E-state index contributed by atoms with van der Waals surface area (Å²) in [6, 6.07) is 3.74. The lowest BCUT2D eigenvalue weighted by Gasteiger charge is -2.01. The van der Waals surface area contributed by atoms with Crippen molar-refractivity contribution in [1.82, 2.24) is 14.6 Å². The van der Waals surface area contributed by atoms with Crippen LogP contribution in [-0.2, 0) is 0 Å². The lowest BCUT2D eigenvalue weighted by Crippen LogP contribution is -1.99. The van der Waals surface area contributed by atoms with E-state index in [2.05, 4.69) is 15.4 Å². The molecule has 0 atom stereocenters. The minimum atomic E-state index is 0.632. The van der Waals surface area contributed by atoms with Gasteiger partial charge in [0.25, 0.3) is 0 Å². The van der Waals surface area contributed by atoms with Gasteiger partial charge in [0.2, 0.25) is 5.88 Å². The van der Waals surface area contributed by atoms with E-state index in [0.717, 1.165) is 11.5 Å². The Kier molecular flexibility index (Phi) is 1.77. The molecule has 0 radical (unpaired) electrons. The van der Waals surface area contributed by atoms with Gasteiger partial charge in [0.1, 0.15) is 5.82 Å². The normalized spacial score (nSPS) is 10.3. The van der Waals surface area contributed by atoms with Crippen LogP contribution in [0.1, 0.15) is 0 Å². The molecule has 2 aromatic heterocycles. The summed E-state index contributed by atoms with van der Waals surface area (Å²) in [4.78, 5) is 4.11. The van der Waals surface area contributed by atoms with Crippen molar-refractivity contribution in [3.63, 3.8) is 0 Å². The summed E-state index contributed by atoms with van der Waals surface area (Å²) in [5.41, 5.74) is 0.774. The number of nitrogens with zero attached hydrogens (tertiary/aromatic N) is 3. The van der Waals surface area contributed by atoms with Gasteiger partial charge in [-0.05, 0) is 12.1 Å². The van der Waals surface area contributed by atoms with Crippen LogP contribution in [0, 0.1) is 0 Å².